The first-order valence-electron chi connectivity index (χ1n) is 7.36. The summed E-state index contributed by atoms with van der Waals surface area (Å²) in [5.74, 6) is -1.54. The van der Waals surface area contributed by atoms with Gasteiger partial charge in [0.25, 0.3) is 0 Å². The van der Waals surface area contributed by atoms with Gasteiger partial charge >= 0.3 is 11.9 Å². The van der Waals surface area contributed by atoms with Gasteiger partial charge in [0.05, 0.1) is 17.7 Å². The quantitative estimate of drug-likeness (QED) is 0.729. The van der Waals surface area contributed by atoms with E-state index in [9.17, 15) is 18.0 Å². The average molecular weight is 376 g/mol. The number of carbonyl (C=O) groups is 2. The first-order chi connectivity index (χ1) is 11.3. The van der Waals surface area contributed by atoms with Crippen molar-refractivity contribution in [1.29, 1.82) is 0 Å². The number of hydrogen-bond donors (Lipinski definition) is 0. The number of benzene rings is 1. The van der Waals surface area contributed by atoms with E-state index in [2.05, 4.69) is 4.74 Å². The molecule has 1 heterocycles. The lowest BCUT2D eigenvalue weighted by Crippen LogP contribution is -2.28. The van der Waals surface area contributed by atoms with Crippen molar-refractivity contribution in [1.82, 2.24) is 4.31 Å². The third kappa shape index (κ3) is 3.88. The van der Waals surface area contributed by atoms with Crippen molar-refractivity contribution in [3.8, 4) is 0 Å². The van der Waals surface area contributed by atoms with E-state index in [4.69, 9.17) is 16.3 Å². The predicted octanol–water partition coefficient (Wildman–Crippen LogP) is 1.84. The Morgan fingerprint density at radius 2 is 1.88 bits per heavy atom. The lowest BCUT2D eigenvalue weighted by molar-refractivity contribution is -0.149. The van der Waals surface area contributed by atoms with Crippen molar-refractivity contribution >= 4 is 33.6 Å². The molecule has 24 heavy (non-hydrogen) atoms. The molecule has 1 saturated heterocycles. The highest BCUT2D eigenvalue weighted by molar-refractivity contribution is 7.89. The molecular formula is C15H18ClNO6S. The molecule has 0 N–H and O–H groups in total. The van der Waals surface area contributed by atoms with Crippen molar-refractivity contribution in [2.24, 2.45) is 0 Å². The minimum absolute atomic E-state index is 0.00655. The highest BCUT2D eigenvalue weighted by Gasteiger charge is 2.30. The third-order valence-corrected chi connectivity index (χ3v) is 6.05. The number of esters is 2. The summed E-state index contributed by atoms with van der Waals surface area (Å²) in [6.45, 7) is 2.21. The second-order valence-corrected chi connectivity index (χ2v) is 7.64. The Morgan fingerprint density at radius 3 is 2.46 bits per heavy atom. The van der Waals surface area contributed by atoms with E-state index in [1.165, 1.54) is 36.5 Å². The van der Waals surface area contributed by atoms with Crippen molar-refractivity contribution < 1.29 is 27.5 Å². The van der Waals surface area contributed by atoms with Gasteiger partial charge in [0, 0.05) is 13.1 Å². The molecule has 0 aromatic heterocycles. The van der Waals surface area contributed by atoms with E-state index in [1.807, 2.05) is 0 Å². The van der Waals surface area contributed by atoms with Gasteiger partial charge in [-0.05, 0) is 38.0 Å². The summed E-state index contributed by atoms with van der Waals surface area (Å²) in [5.41, 5.74) is -0.00655. The Morgan fingerprint density at radius 1 is 1.25 bits per heavy atom. The Kier molecular flexibility index (Phi) is 5.84. The van der Waals surface area contributed by atoms with Crippen LogP contribution in [0.3, 0.4) is 0 Å². The SMILES string of the molecule is COC(=O)[C@@H](C)OC(=O)c1ccc(Cl)c(S(=O)(=O)N2CCCC2)c1. The average Bonchev–Trinajstić information content (AvgIpc) is 3.09. The predicted molar refractivity (Wildman–Crippen MR) is 86.3 cm³/mol. The summed E-state index contributed by atoms with van der Waals surface area (Å²) in [6, 6.07) is 3.84. The smallest absolute Gasteiger partial charge is 0.346 e. The van der Waals surface area contributed by atoms with Crippen LogP contribution in [0.5, 0.6) is 0 Å². The topological polar surface area (TPSA) is 90.0 Å². The van der Waals surface area contributed by atoms with Gasteiger partial charge in [0.15, 0.2) is 6.10 Å². The van der Waals surface area contributed by atoms with Crippen LogP contribution in [0.4, 0.5) is 0 Å². The lowest BCUT2D eigenvalue weighted by Gasteiger charge is -2.17. The minimum Gasteiger partial charge on any atom is -0.466 e. The van der Waals surface area contributed by atoms with Crippen LogP contribution < -0.4 is 0 Å². The Balaban J connectivity index is 2.28. The van der Waals surface area contributed by atoms with E-state index in [1.54, 1.807) is 0 Å². The van der Waals surface area contributed by atoms with Gasteiger partial charge in [0.2, 0.25) is 10.0 Å². The van der Waals surface area contributed by atoms with Crippen LogP contribution in [-0.2, 0) is 24.3 Å². The number of ether oxygens (including phenoxy) is 2. The maximum atomic E-state index is 12.6. The molecule has 0 saturated carbocycles. The summed E-state index contributed by atoms with van der Waals surface area (Å²) in [4.78, 5) is 23.3. The zero-order chi connectivity index (χ0) is 17.9. The summed E-state index contributed by atoms with van der Waals surface area (Å²) in [7, 11) is -2.60. The van der Waals surface area contributed by atoms with Crippen LogP contribution in [0.2, 0.25) is 5.02 Å². The van der Waals surface area contributed by atoms with Crippen molar-refractivity contribution in [3.05, 3.63) is 28.8 Å². The molecule has 2 rings (SSSR count). The van der Waals surface area contributed by atoms with Crippen LogP contribution >= 0.6 is 11.6 Å². The van der Waals surface area contributed by atoms with Crippen molar-refractivity contribution in [2.45, 2.75) is 30.8 Å². The summed E-state index contributed by atoms with van der Waals surface area (Å²) >= 11 is 6.01. The van der Waals surface area contributed by atoms with Crippen LogP contribution in [0.25, 0.3) is 0 Å². The molecule has 1 fully saturated rings. The molecule has 1 aromatic carbocycles. The van der Waals surface area contributed by atoms with Gasteiger partial charge in [-0.1, -0.05) is 11.6 Å². The van der Waals surface area contributed by atoms with Crippen LogP contribution in [0.1, 0.15) is 30.1 Å². The fourth-order valence-corrected chi connectivity index (χ4v) is 4.36. The van der Waals surface area contributed by atoms with Gasteiger partial charge in [0.1, 0.15) is 4.90 Å². The molecule has 0 aliphatic carbocycles. The van der Waals surface area contributed by atoms with Gasteiger partial charge in [-0.25, -0.2) is 18.0 Å². The monoisotopic (exact) mass is 375 g/mol. The van der Waals surface area contributed by atoms with E-state index in [0.29, 0.717) is 13.1 Å². The molecule has 0 radical (unpaired) electrons. The normalized spacial score (nSPS) is 16.6. The summed E-state index contributed by atoms with van der Waals surface area (Å²) in [5, 5.41) is 0.0273. The van der Waals surface area contributed by atoms with E-state index >= 15 is 0 Å². The molecule has 1 aliphatic heterocycles. The zero-order valence-electron chi connectivity index (χ0n) is 13.3. The second-order valence-electron chi connectivity index (χ2n) is 5.33. The molecule has 1 aliphatic rings. The Bertz CT molecular complexity index is 742. The number of nitrogens with zero attached hydrogens (tertiary/aromatic N) is 1. The number of hydrogen-bond acceptors (Lipinski definition) is 6. The molecule has 0 bridgehead atoms. The lowest BCUT2D eigenvalue weighted by atomic mass is 10.2. The molecule has 1 atom stereocenters. The maximum absolute atomic E-state index is 12.6. The van der Waals surface area contributed by atoms with Crippen LogP contribution in [0, 0.1) is 0 Å². The molecule has 132 valence electrons. The number of methoxy groups -OCH3 is 1. The molecule has 0 spiro atoms. The van der Waals surface area contributed by atoms with Gasteiger partial charge < -0.3 is 9.47 Å². The van der Waals surface area contributed by atoms with E-state index in [-0.39, 0.29) is 15.5 Å². The summed E-state index contributed by atoms with van der Waals surface area (Å²) < 4.78 is 36.0. The minimum atomic E-state index is -3.77. The van der Waals surface area contributed by atoms with Gasteiger partial charge in [-0.3, -0.25) is 0 Å². The molecule has 7 nitrogen and oxygen atoms in total. The number of halogens is 1. The van der Waals surface area contributed by atoms with Crippen LogP contribution in [-0.4, -0.2) is 51.0 Å². The number of sulfonamides is 1. The molecular weight excluding hydrogens is 358 g/mol. The Labute approximate surface area is 145 Å². The maximum Gasteiger partial charge on any atom is 0.346 e. The highest BCUT2D eigenvalue weighted by atomic mass is 35.5. The molecule has 0 amide bonds. The molecule has 1 aromatic rings. The van der Waals surface area contributed by atoms with Crippen molar-refractivity contribution in [2.75, 3.05) is 20.2 Å². The van der Waals surface area contributed by atoms with Gasteiger partial charge in [-0.2, -0.15) is 4.31 Å². The first-order valence-corrected chi connectivity index (χ1v) is 9.17. The fourth-order valence-electron chi connectivity index (χ4n) is 2.34. The van der Waals surface area contributed by atoms with E-state index in [0.717, 1.165) is 12.8 Å². The number of rotatable bonds is 5. The standard InChI is InChI=1S/C15H18ClNO6S/c1-10(14(18)22-2)23-15(19)11-5-6-12(16)13(9-11)24(20,21)17-7-3-4-8-17/h5-6,9-10H,3-4,7-8H2,1-2H3/t10-/m1/s1. The number of carbonyl (C=O) groups excluding carboxylic acids is 2. The molecule has 9 heteroatoms. The Hall–Kier alpha value is -1.64. The largest absolute Gasteiger partial charge is 0.466 e. The fraction of sp³-hybridized carbons (Fsp3) is 0.467. The van der Waals surface area contributed by atoms with E-state index < -0.39 is 28.1 Å². The van der Waals surface area contributed by atoms with Gasteiger partial charge in [-0.15, -0.1) is 0 Å². The molecule has 0 unspecified atom stereocenters. The second kappa shape index (κ2) is 7.50. The summed E-state index contributed by atoms with van der Waals surface area (Å²) in [6.07, 6.45) is 0.474. The zero-order valence-corrected chi connectivity index (χ0v) is 14.9. The third-order valence-electron chi connectivity index (χ3n) is 3.67. The van der Waals surface area contributed by atoms with Crippen LogP contribution in [0.15, 0.2) is 23.1 Å². The van der Waals surface area contributed by atoms with Crippen molar-refractivity contribution in [3.63, 3.8) is 0 Å². The highest BCUT2D eigenvalue weighted by Crippen LogP contribution is 2.28. The first kappa shape index (κ1) is 18.7.